The molecule has 0 aromatic carbocycles. The highest BCUT2D eigenvalue weighted by Crippen LogP contribution is 2.28. The van der Waals surface area contributed by atoms with E-state index >= 15 is 0 Å². The van der Waals surface area contributed by atoms with Crippen molar-refractivity contribution in [3.8, 4) is 11.8 Å². The smallest absolute Gasteiger partial charge is 0.268 e. The number of H-pyrrole nitrogens is 1. The maximum absolute atomic E-state index is 12.2. The number of rotatable bonds is 1. The Bertz CT molecular complexity index is 419. The second kappa shape index (κ2) is 3.23. The zero-order valence-electron chi connectivity index (χ0n) is 6.21. The average Bonchev–Trinajstić information content (AvgIpc) is 2.07. The number of nitrogens with zero attached hydrogens (tertiary/aromatic N) is 1. The van der Waals surface area contributed by atoms with Crippen molar-refractivity contribution in [3.63, 3.8) is 0 Å². The predicted molar refractivity (Wildman–Crippen MR) is 38.4 cm³/mol. The fraction of sp³-hybridized carbons (Fsp3) is 0.143. The zero-order valence-corrected chi connectivity index (χ0v) is 6.21. The van der Waals surface area contributed by atoms with Crippen LogP contribution in [0.4, 0.5) is 8.78 Å². The highest BCUT2D eigenvalue weighted by atomic mass is 19.3. The summed E-state index contributed by atoms with van der Waals surface area (Å²) in [5, 5.41) is 17.3. The van der Waals surface area contributed by atoms with E-state index in [4.69, 9.17) is 10.4 Å². The molecule has 1 rings (SSSR count). The number of halogens is 2. The highest BCUT2D eigenvalue weighted by molar-refractivity contribution is 5.43. The third-order valence-electron chi connectivity index (χ3n) is 1.44. The van der Waals surface area contributed by atoms with Gasteiger partial charge in [-0.2, -0.15) is 5.26 Å². The standard InChI is InChI=1S/C7H4F2N2O2/c8-6(9)5-3(1-10)7(13)11-2-4(5)12/h2,6,12H,(H,11,13). The topological polar surface area (TPSA) is 76.9 Å². The highest BCUT2D eigenvalue weighted by Gasteiger charge is 2.20. The van der Waals surface area contributed by atoms with E-state index in [1.807, 2.05) is 4.98 Å². The average molecular weight is 186 g/mol. The summed E-state index contributed by atoms with van der Waals surface area (Å²) in [5.41, 5.74) is -2.61. The van der Waals surface area contributed by atoms with Gasteiger partial charge >= 0.3 is 0 Å². The van der Waals surface area contributed by atoms with Gasteiger partial charge in [-0.15, -0.1) is 0 Å². The number of pyridine rings is 1. The van der Waals surface area contributed by atoms with E-state index in [2.05, 4.69) is 0 Å². The molecule has 0 fully saturated rings. The van der Waals surface area contributed by atoms with Crippen LogP contribution in [-0.2, 0) is 0 Å². The van der Waals surface area contributed by atoms with Crippen molar-refractivity contribution < 1.29 is 13.9 Å². The number of nitrogens with one attached hydrogen (secondary N) is 1. The molecule has 0 unspecified atom stereocenters. The quantitative estimate of drug-likeness (QED) is 0.683. The summed E-state index contributed by atoms with van der Waals surface area (Å²) in [4.78, 5) is 12.8. The Balaban J connectivity index is 3.56. The maximum Gasteiger partial charge on any atom is 0.268 e. The fourth-order valence-corrected chi connectivity index (χ4v) is 0.866. The van der Waals surface area contributed by atoms with Crippen LogP contribution in [0.15, 0.2) is 11.0 Å². The first-order chi connectivity index (χ1) is 6.07. The first-order valence-corrected chi connectivity index (χ1v) is 3.20. The van der Waals surface area contributed by atoms with Gasteiger partial charge in [-0.3, -0.25) is 4.79 Å². The van der Waals surface area contributed by atoms with Gasteiger partial charge in [0.25, 0.3) is 12.0 Å². The first kappa shape index (κ1) is 9.19. The van der Waals surface area contributed by atoms with E-state index in [-0.39, 0.29) is 0 Å². The Morgan fingerprint density at radius 2 is 2.23 bits per heavy atom. The molecule has 13 heavy (non-hydrogen) atoms. The normalized spacial score (nSPS) is 10.0. The lowest BCUT2D eigenvalue weighted by Crippen LogP contribution is -2.12. The Hall–Kier alpha value is -1.90. The minimum absolute atomic E-state index is 0.727. The summed E-state index contributed by atoms with van der Waals surface area (Å²) in [6.07, 6.45) is -2.32. The van der Waals surface area contributed by atoms with Crippen LogP contribution in [0, 0.1) is 11.3 Å². The molecule has 0 spiro atoms. The number of hydrogen-bond donors (Lipinski definition) is 2. The lowest BCUT2D eigenvalue weighted by Gasteiger charge is -2.03. The van der Waals surface area contributed by atoms with Crippen molar-refractivity contribution in [1.29, 1.82) is 5.26 Å². The molecule has 6 heteroatoms. The van der Waals surface area contributed by atoms with Crippen LogP contribution in [0.25, 0.3) is 0 Å². The third kappa shape index (κ3) is 1.49. The lowest BCUT2D eigenvalue weighted by atomic mass is 10.1. The van der Waals surface area contributed by atoms with Crippen LogP contribution >= 0.6 is 0 Å². The van der Waals surface area contributed by atoms with Gasteiger partial charge in [-0.1, -0.05) is 0 Å². The molecule has 2 N–H and O–H groups in total. The predicted octanol–water partition coefficient (Wildman–Crippen LogP) is 0.890. The maximum atomic E-state index is 12.2. The molecule has 0 aliphatic rings. The van der Waals surface area contributed by atoms with E-state index in [1.54, 1.807) is 0 Å². The van der Waals surface area contributed by atoms with Crippen LogP contribution in [-0.4, -0.2) is 10.1 Å². The first-order valence-electron chi connectivity index (χ1n) is 3.20. The summed E-state index contributed by atoms with van der Waals surface area (Å²) in [7, 11) is 0. The molecule has 0 bridgehead atoms. The van der Waals surface area contributed by atoms with Crippen molar-refractivity contribution in [1.82, 2.24) is 4.98 Å². The molecule has 0 saturated heterocycles. The number of aromatic hydroxyl groups is 1. The minimum Gasteiger partial charge on any atom is -0.506 e. The number of aromatic nitrogens is 1. The van der Waals surface area contributed by atoms with E-state index in [0.717, 1.165) is 6.20 Å². The largest absolute Gasteiger partial charge is 0.506 e. The molecular weight excluding hydrogens is 182 g/mol. The van der Waals surface area contributed by atoms with Gasteiger partial charge in [-0.25, -0.2) is 8.78 Å². The summed E-state index contributed by atoms with van der Waals surface area (Å²) in [5.74, 6) is -0.786. The van der Waals surface area contributed by atoms with E-state index in [1.165, 1.54) is 6.07 Å². The van der Waals surface area contributed by atoms with Gasteiger partial charge in [-0.05, 0) is 0 Å². The monoisotopic (exact) mass is 186 g/mol. The Morgan fingerprint density at radius 1 is 1.62 bits per heavy atom. The summed E-state index contributed by atoms with van der Waals surface area (Å²) in [6, 6.07) is 1.30. The van der Waals surface area contributed by atoms with Gasteiger partial charge < -0.3 is 10.1 Å². The molecule has 0 saturated carbocycles. The Kier molecular flexibility index (Phi) is 2.28. The van der Waals surface area contributed by atoms with E-state index < -0.39 is 28.9 Å². The fourth-order valence-electron chi connectivity index (χ4n) is 0.866. The lowest BCUT2D eigenvalue weighted by molar-refractivity contribution is 0.147. The van der Waals surface area contributed by atoms with E-state index in [0.29, 0.717) is 0 Å². The number of nitriles is 1. The number of alkyl halides is 2. The minimum atomic E-state index is -3.04. The van der Waals surface area contributed by atoms with Gasteiger partial charge in [0, 0.05) is 6.20 Å². The number of aromatic amines is 1. The van der Waals surface area contributed by atoms with Crippen LogP contribution in [0.1, 0.15) is 17.6 Å². The molecule has 0 amide bonds. The summed E-state index contributed by atoms with van der Waals surface area (Å²) >= 11 is 0. The van der Waals surface area contributed by atoms with Crippen LogP contribution in [0.5, 0.6) is 5.75 Å². The van der Waals surface area contributed by atoms with Crippen LogP contribution in [0.2, 0.25) is 0 Å². The van der Waals surface area contributed by atoms with Gasteiger partial charge in [0.15, 0.2) is 0 Å². The molecule has 0 aliphatic heterocycles. The second-order valence-electron chi connectivity index (χ2n) is 2.20. The van der Waals surface area contributed by atoms with Crippen molar-refractivity contribution in [3.05, 3.63) is 27.7 Å². The Labute approximate surface area is 71.1 Å². The van der Waals surface area contributed by atoms with Crippen molar-refractivity contribution in [2.45, 2.75) is 6.43 Å². The molecule has 68 valence electrons. The van der Waals surface area contributed by atoms with E-state index in [9.17, 15) is 13.6 Å². The molecule has 0 radical (unpaired) electrons. The summed E-state index contributed by atoms with van der Waals surface area (Å²) < 4.78 is 24.4. The SMILES string of the molecule is N#Cc1c(C(F)F)c(O)c[nH]c1=O. The number of hydrogen-bond acceptors (Lipinski definition) is 3. The van der Waals surface area contributed by atoms with Gasteiger partial charge in [0.2, 0.25) is 0 Å². The van der Waals surface area contributed by atoms with Gasteiger partial charge in [0.1, 0.15) is 17.4 Å². The zero-order chi connectivity index (χ0) is 10.0. The van der Waals surface area contributed by atoms with Crippen molar-refractivity contribution in [2.75, 3.05) is 0 Å². The van der Waals surface area contributed by atoms with Crippen LogP contribution in [0.3, 0.4) is 0 Å². The van der Waals surface area contributed by atoms with Crippen molar-refractivity contribution >= 4 is 0 Å². The third-order valence-corrected chi connectivity index (χ3v) is 1.44. The molecule has 1 aromatic rings. The molecule has 1 heterocycles. The van der Waals surface area contributed by atoms with Crippen LogP contribution < -0.4 is 5.56 Å². The summed E-state index contributed by atoms with van der Waals surface area (Å²) in [6.45, 7) is 0. The Morgan fingerprint density at radius 3 is 2.62 bits per heavy atom. The van der Waals surface area contributed by atoms with Crippen molar-refractivity contribution in [2.24, 2.45) is 0 Å². The van der Waals surface area contributed by atoms with Gasteiger partial charge in [0.05, 0.1) is 5.56 Å². The molecule has 0 aliphatic carbocycles. The molecule has 4 nitrogen and oxygen atoms in total. The second-order valence-corrected chi connectivity index (χ2v) is 2.20. The molecule has 1 aromatic heterocycles. The molecule has 0 atom stereocenters. The molecular formula is C7H4F2N2O2.